The van der Waals surface area contributed by atoms with Crippen molar-refractivity contribution in [2.24, 2.45) is 0 Å². The summed E-state index contributed by atoms with van der Waals surface area (Å²) in [6.45, 7) is -0.338. The number of para-hydroxylation sites is 2. The first-order chi connectivity index (χ1) is 13.1. The minimum atomic E-state index is -0.593. The highest BCUT2D eigenvalue weighted by molar-refractivity contribution is 5.94. The fraction of sp³-hybridized carbons (Fsp3) is 0.200. The molecule has 1 heterocycles. The van der Waals surface area contributed by atoms with E-state index in [1.54, 1.807) is 53.1 Å². The van der Waals surface area contributed by atoms with E-state index in [0.29, 0.717) is 21.8 Å². The Morgan fingerprint density at radius 2 is 1.63 bits per heavy atom. The van der Waals surface area contributed by atoms with Gasteiger partial charge in [-0.3, -0.25) is 14.4 Å². The molecule has 0 aliphatic carbocycles. The maximum atomic E-state index is 12.7. The Labute approximate surface area is 154 Å². The number of esters is 1. The van der Waals surface area contributed by atoms with E-state index in [4.69, 9.17) is 10.00 Å². The summed E-state index contributed by atoms with van der Waals surface area (Å²) in [4.78, 5) is 36.5. The van der Waals surface area contributed by atoms with Gasteiger partial charge < -0.3 is 14.6 Å². The third-order valence-electron chi connectivity index (χ3n) is 4.09. The average molecular weight is 363 g/mol. The zero-order valence-corrected chi connectivity index (χ0v) is 14.5. The Kier molecular flexibility index (Phi) is 5.47. The molecule has 0 aliphatic heterocycles. The minimum absolute atomic E-state index is 0.0947. The van der Waals surface area contributed by atoms with Crippen molar-refractivity contribution in [1.29, 1.82) is 5.26 Å². The van der Waals surface area contributed by atoms with Crippen molar-refractivity contribution in [3.8, 4) is 6.07 Å². The molecule has 0 fully saturated rings. The zero-order chi connectivity index (χ0) is 19.2. The standard InChI is InChI=1S/C20H17N3O4/c21-10-5-11-22-18(24)13-27-19(25)12-23-16-8-3-1-6-14(16)20(26)15-7-2-4-9-17(15)23/h1-4,6-9H,5,11-13H2,(H,22,24). The molecule has 0 unspecified atom stereocenters. The van der Waals surface area contributed by atoms with Gasteiger partial charge >= 0.3 is 5.97 Å². The Morgan fingerprint density at radius 3 is 2.22 bits per heavy atom. The first-order valence-corrected chi connectivity index (χ1v) is 8.41. The van der Waals surface area contributed by atoms with E-state index in [0.717, 1.165) is 0 Å². The van der Waals surface area contributed by atoms with E-state index < -0.39 is 18.5 Å². The molecule has 7 nitrogen and oxygen atoms in total. The quantitative estimate of drug-likeness (QED) is 0.408. The zero-order valence-electron chi connectivity index (χ0n) is 14.5. The lowest BCUT2D eigenvalue weighted by atomic mass is 10.1. The molecule has 3 rings (SSSR count). The number of nitriles is 1. The predicted molar refractivity (Wildman–Crippen MR) is 99.9 cm³/mol. The molecule has 1 amide bonds. The number of pyridine rings is 1. The summed E-state index contributed by atoms with van der Waals surface area (Å²) in [5.41, 5.74) is 1.15. The molecule has 1 aromatic heterocycles. The summed E-state index contributed by atoms with van der Waals surface area (Å²) < 4.78 is 6.74. The van der Waals surface area contributed by atoms with E-state index in [9.17, 15) is 14.4 Å². The van der Waals surface area contributed by atoms with Crippen LogP contribution in [0.25, 0.3) is 21.8 Å². The molecule has 0 radical (unpaired) electrons. The second-order valence-electron chi connectivity index (χ2n) is 5.87. The van der Waals surface area contributed by atoms with Gasteiger partial charge in [0.1, 0.15) is 6.54 Å². The van der Waals surface area contributed by atoms with Gasteiger partial charge in [-0.2, -0.15) is 5.26 Å². The van der Waals surface area contributed by atoms with Gasteiger partial charge in [0.2, 0.25) is 0 Å². The van der Waals surface area contributed by atoms with Gasteiger partial charge in [0.25, 0.3) is 5.91 Å². The Bertz CT molecular complexity index is 1050. The van der Waals surface area contributed by atoms with Crippen molar-refractivity contribution in [3.63, 3.8) is 0 Å². The Morgan fingerprint density at radius 1 is 1.04 bits per heavy atom. The van der Waals surface area contributed by atoms with Crippen molar-refractivity contribution in [2.75, 3.05) is 13.2 Å². The van der Waals surface area contributed by atoms with Crippen molar-refractivity contribution >= 4 is 33.7 Å². The van der Waals surface area contributed by atoms with Crippen LogP contribution in [0, 0.1) is 11.3 Å². The van der Waals surface area contributed by atoms with Gasteiger partial charge in [-0.15, -0.1) is 0 Å². The van der Waals surface area contributed by atoms with Crippen molar-refractivity contribution in [3.05, 3.63) is 58.8 Å². The van der Waals surface area contributed by atoms with E-state index in [1.165, 1.54) is 0 Å². The molecule has 0 saturated heterocycles. The molecule has 0 spiro atoms. The van der Waals surface area contributed by atoms with Crippen LogP contribution in [-0.2, 0) is 20.9 Å². The third-order valence-corrected chi connectivity index (χ3v) is 4.09. The molecular formula is C20H17N3O4. The van der Waals surface area contributed by atoms with Gasteiger partial charge in [-0.1, -0.05) is 24.3 Å². The maximum absolute atomic E-state index is 12.7. The summed E-state index contributed by atoms with van der Waals surface area (Å²) >= 11 is 0. The largest absolute Gasteiger partial charge is 0.454 e. The van der Waals surface area contributed by atoms with Crippen LogP contribution < -0.4 is 10.7 Å². The smallest absolute Gasteiger partial charge is 0.326 e. The lowest BCUT2D eigenvalue weighted by Crippen LogP contribution is -2.30. The van der Waals surface area contributed by atoms with Crippen LogP contribution in [0.4, 0.5) is 0 Å². The number of rotatable bonds is 6. The summed E-state index contributed by atoms with van der Waals surface area (Å²) in [5.74, 6) is -1.06. The molecule has 1 N–H and O–H groups in total. The summed E-state index contributed by atoms with van der Waals surface area (Å²) in [5, 5.41) is 11.9. The molecule has 0 bridgehead atoms. The summed E-state index contributed by atoms with van der Waals surface area (Å²) in [6.07, 6.45) is 0.190. The second-order valence-corrected chi connectivity index (χ2v) is 5.87. The van der Waals surface area contributed by atoms with Crippen molar-refractivity contribution < 1.29 is 14.3 Å². The first-order valence-electron chi connectivity index (χ1n) is 8.41. The number of carbonyl (C=O) groups is 2. The van der Waals surface area contributed by atoms with E-state index in [1.807, 2.05) is 6.07 Å². The summed E-state index contributed by atoms with van der Waals surface area (Å²) in [7, 11) is 0. The number of carbonyl (C=O) groups excluding carboxylic acids is 2. The molecule has 0 saturated carbocycles. The Balaban J connectivity index is 1.85. The highest BCUT2D eigenvalue weighted by Crippen LogP contribution is 2.19. The minimum Gasteiger partial charge on any atom is -0.454 e. The van der Waals surface area contributed by atoms with E-state index >= 15 is 0 Å². The summed E-state index contributed by atoms with van der Waals surface area (Å²) in [6, 6.07) is 16.0. The number of amides is 1. The number of fused-ring (bicyclic) bond motifs is 2. The fourth-order valence-electron chi connectivity index (χ4n) is 2.88. The number of nitrogens with zero attached hydrogens (tertiary/aromatic N) is 2. The second kappa shape index (κ2) is 8.15. The molecular weight excluding hydrogens is 346 g/mol. The van der Waals surface area contributed by atoms with E-state index in [2.05, 4.69) is 5.32 Å². The van der Waals surface area contributed by atoms with Crippen LogP contribution >= 0.6 is 0 Å². The van der Waals surface area contributed by atoms with Gasteiger partial charge in [-0.25, -0.2) is 0 Å². The van der Waals surface area contributed by atoms with Gasteiger partial charge in [-0.05, 0) is 24.3 Å². The van der Waals surface area contributed by atoms with Gasteiger partial charge in [0, 0.05) is 17.3 Å². The van der Waals surface area contributed by atoms with Gasteiger partial charge in [0.05, 0.1) is 23.5 Å². The van der Waals surface area contributed by atoms with Crippen LogP contribution in [0.2, 0.25) is 0 Å². The molecule has 3 aromatic rings. The number of aromatic nitrogens is 1. The number of hydrogen-bond donors (Lipinski definition) is 1. The SMILES string of the molecule is N#CCCNC(=O)COC(=O)Cn1c2ccccc2c(=O)c2ccccc21. The normalized spacial score (nSPS) is 10.5. The molecule has 7 heteroatoms. The molecule has 136 valence electrons. The Hall–Kier alpha value is -3.66. The number of hydrogen-bond acceptors (Lipinski definition) is 5. The van der Waals surface area contributed by atoms with Crippen LogP contribution in [0.15, 0.2) is 53.3 Å². The van der Waals surface area contributed by atoms with Crippen LogP contribution in [-0.4, -0.2) is 29.6 Å². The maximum Gasteiger partial charge on any atom is 0.326 e. The molecule has 0 atom stereocenters. The molecule has 0 aliphatic rings. The lowest BCUT2D eigenvalue weighted by molar-refractivity contribution is -0.149. The van der Waals surface area contributed by atoms with E-state index in [-0.39, 0.29) is 24.9 Å². The van der Waals surface area contributed by atoms with Crippen LogP contribution in [0.1, 0.15) is 6.42 Å². The number of ether oxygens (including phenoxy) is 1. The van der Waals surface area contributed by atoms with Crippen LogP contribution in [0.5, 0.6) is 0 Å². The highest BCUT2D eigenvalue weighted by Gasteiger charge is 2.14. The van der Waals surface area contributed by atoms with Crippen molar-refractivity contribution in [2.45, 2.75) is 13.0 Å². The topological polar surface area (TPSA) is 101 Å². The monoisotopic (exact) mass is 363 g/mol. The highest BCUT2D eigenvalue weighted by atomic mass is 16.5. The third kappa shape index (κ3) is 3.96. The van der Waals surface area contributed by atoms with Crippen LogP contribution in [0.3, 0.4) is 0 Å². The predicted octanol–water partition coefficient (Wildman–Crippen LogP) is 1.73. The number of benzene rings is 2. The number of nitrogens with one attached hydrogen (secondary N) is 1. The molecule has 2 aromatic carbocycles. The molecule has 27 heavy (non-hydrogen) atoms. The van der Waals surface area contributed by atoms with Gasteiger partial charge in [0.15, 0.2) is 12.0 Å². The lowest BCUT2D eigenvalue weighted by Gasteiger charge is -2.14. The van der Waals surface area contributed by atoms with Crippen molar-refractivity contribution in [1.82, 2.24) is 9.88 Å². The fourth-order valence-corrected chi connectivity index (χ4v) is 2.88. The average Bonchev–Trinajstić information content (AvgIpc) is 2.70. The first kappa shape index (κ1) is 18.1.